The van der Waals surface area contributed by atoms with E-state index in [9.17, 15) is 19.2 Å². The number of rotatable bonds is 6. The average Bonchev–Trinajstić information content (AvgIpc) is 2.85. The van der Waals surface area contributed by atoms with Crippen molar-refractivity contribution in [3.63, 3.8) is 0 Å². The van der Waals surface area contributed by atoms with E-state index < -0.39 is 0 Å². The molecule has 36 heavy (non-hydrogen) atoms. The van der Waals surface area contributed by atoms with Crippen LogP contribution < -0.4 is 31.5 Å². The predicted octanol–water partition coefficient (Wildman–Crippen LogP) is 2.77. The minimum atomic E-state index is -0.242. The lowest BCUT2D eigenvalue weighted by atomic mass is 10.3. The number of aromatic nitrogens is 5. The normalized spacial score (nSPS) is 10.7. The minimum Gasteiger partial charge on any atom is -0.347 e. The lowest BCUT2D eigenvalue weighted by molar-refractivity contribution is 1.04. The van der Waals surface area contributed by atoms with E-state index in [4.69, 9.17) is 4.98 Å². The molecule has 5 heterocycles. The van der Waals surface area contributed by atoms with Crippen LogP contribution >= 0.6 is 0 Å². The van der Waals surface area contributed by atoms with Crippen molar-refractivity contribution in [3.05, 3.63) is 132 Å². The summed E-state index contributed by atoms with van der Waals surface area (Å²) < 4.78 is 0. The number of hydrogen-bond donors (Lipinski definition) is 4. The molecule has 0 aliphatic rings. The van der Waals surface area contributed by atoms with E-state index >= 15 is 0 Å². The summed E-state index contributed by atoms with van der Waals surface area (Å²) in [6, 6.07) is 16.1. The molecule has 5 rings (SSSR count). The van der Waals surface area contributed by atoms with Gasteiger partial charge in [0.2, 0.25) is 0 Å². The molecule has 0 fully saturated rings. The summed E-state index contributed by atoms with van der Waals surface area (Å²) in [5.74, 6) is 2.14. The molecule has 5 aromatic rings. The summed E-state index contributed by atoms with van der Waals surface area (Å²) >= 11 is 0. The molecule has 0 saturated heterocycles. The molecule has 0 aromatic carbocycles. The van der Waals surface area contributed by atoms with E-state index in [0.717, 1.165) is 0 Å². The first kappa shape index (κ1) is 22.3. The molecule has 11 heteroatoms. The Labute approximate surface area is 202 Å². The third kappa shape index (κ3) is 4.61. The first-order chi connectivity index (χ1) is 17.5. The fraction of sp³-hybridized carbons (Fsp3) is 0. The van der Waals surface area contributed by atoms with Gasteiger partial charge in [-0.2, -0.15) is 0 Å². The zero-order valence-corrected chi connectivity index (χ0v) is 18.6. The molecule has 0 radical (unpaired) electrons. The molecule has 0 bridgehead atoms. The molecule has 5 aromatic heterocycles. The maximum atomic E-state index is 12.1. The van der Waals surface area contributed by atoms with Crippen molar-refractivity contribution in [3.8, 4) is 0 Å². The SMILES string of the molecule is O=c1cc[nH]c(N(c2cccc(N(c3cc(=O)cc[nH]3)c3cc(=O)cc[nH]3)n2)c2cc(=O)cc[nH]2)c1. The van der Waals surface area contributed by atoms with Gasteiger partial charge in [-0.15, -0.1) is 0 Å². The summed E-state index contributed by atoms with van der Waals surface area (Å²) in [5.41, 5.74) is -0.968. The van der Waals surface area contributed by atoms with Crippen LogP contribution in [0.1, 0.15) is 0 Å². The molecular formula is C25H19N7O4. The van der Waals surface area contributed by atoms with Crippen molar-refractivity contribution in [2.75, 3.05) is 9.80 Å². The second-order valence-electron chi connectivity index (χ2n) is 7.66. The van der Waals surface area contributed by atoms with Gasteiger partial charge in [-0.25, -0.2) is 4.98 Å². The van der Waals surface area contributed by atoms with Gasteiger partial charge in [0.05, 0.1) is 0 Å². The minimum absolute atomic E-state index is 0.242. The fourth-order valence-corrected chi connectivity index (χ4v) is 3.67. The number of nitrogens with zero attached hydrogens (tertiary/aromatic N) is 3. The molecule has 0 spiro atoms. The van der Waals surface area contributed by atoms with E-state index in [2.05, 4.69) is 19.9 Å². The number of H-pyrrole nitrogens is 4. The van der Waals surface area contributed by atoms with Crippen LogP contribution in [0, 0.1) is 0 Å². The van der Waals surface area contributed by atoms with Crippen LogP contribution in [0.5, 0.6) is 0 Å². The van der Waals surface area contributed by atoms with Crippen LogP contribution in [0.25, 0.3) is 0 Å². The van der Waals surface area contributed by atoms with Crippen LogP contribution in [-0.2, 0) is 0 Å². The van der Waals surface area contributed by atoms with Crippen LogP contribution in [0.2, 0.25) is 0 Å². The van der Waals surface area contributed by atoms with Crippen molar-refractivity contribution >= 4 is 34.9 Å². The first-order valence-electron chi connectivity index (χ1n) is 10.8. The topological polar surface area (TPSA) is 151 Å². The second kappa shape index (κ2) is 9.43. The van der Waals surface area contributed by atoms with Crippen LogP contribution in [-0.4, -0.2) is 24.9 Å². The van der Waals surface area contributed by atoms with E-state index in [-0.39, 0.29) is 21.7 Å². The first-order valence-corrected chi connectivity index (χ1v) is 10.8. The van der Waals surface area contributed by atoms with Gasteiger partial charge in [0.1, 0.15) is 34.9 Å². The lowest BCUT2D eigenvalue weighted by Crippen LogP contribution is -2.21. The third-order valence-electron chi connectivity index (χ3n) is 5.17. The van der Waals surface area contributed by atoms with Crippen LogP contribution in [0.15, 0.2) is 111 Å². The van der Waals surface area contributed by atoms with E-state index in [1.807, 2.05) is 0 Å². The lowest BCUT2D eigenvalue weighted by Gasteiger charge is -2.26. The van der Waals surface area contributed by atoms with Crippen molar-refractivity contribution in [2.24, 2.45) is 0 Å². The van der Waals surface area contributed by atoms with Gasteiger partial charge < -0.3 is 19.9 Å². The second-order valence-corrected chi connectivity index (χ2v) is 7.66. The number of hydrogen-bond acceptors (Lipinski definition) is 7. The Hall–Kier alpha value is -5.45. The molecule has 0 aliphatic heterocycles. The summed E-state index contributed by atoms with van der Waals surface area (Å²) in [6.45, 7) is 0. The highest BCUT2D eigenvalue weighted by atomic mass is 16.1. The summed E-state index contributed by atoms with van der Waals surface area (Å²) in [6.07, 6.45) is 5.97. The molecule has 178 valence electrons. The zero-order chi connectivity index (χ0) is 25.1. The molecule has 0 aliphatic carbocycles. The van der Waals surface area contributed by atoms with Gasteiger partial charge in [-0.3, -0.25) is 29.0 Å². The molecule has 0 unspecified atom stereocenters. The smallest absolute Gasteiger partial charge is 0.183 e. The quantitative estimate of drug-likeness (QED) is 0.291. The van der Waals surface area contributed by atoms with Crippen molar-refractivity contribution in [1.82, 2.24) is 24.9 Å². The number of aromatic amines is 4. The highest BCUT2D eigenvalue weighted by Gasteiger charge is 2.20. The standard InChI is InChI=1S/C25H19N7O4/c33-16-4-8-26-22(12-16)31(23-13-17(34)5-9-27-23)20-2-1-3-21(30-20)32(24-14-18(35)6-10-28-24)25-15-19(36)7-11-29-25/h1-15H,(H,26,33)(H,27,34)(H,28,35)(H,29,36). The fourth-order valence-electron chi connectivity index (χ4n) is 3.67. The molecule has 0 atom stereocenters. The van der Waals surface area contributed by atoms with Crippen LogP contribution in [0.4, 0.5) is 34.9 Å². The van der Waals surface area contributed by atoms with Crippen molar-refractivity contribution < 1.29 is 0 Å². The maximum absolute atomic E-state index is 12.1. The van der Waals surface area contributed by atoms with E-state index in [0.29, 0.717) is 34.9 Å². The third-order valence-corrected chi connectivity index (χ3v) is 5.17. The Morgan fingerprint density at radius 3 is 1.06 bits per heavy atom. The van der Waals surface area contributed by atoms with Gasteiger partial charge in [-0.1, -0.05) is 6.07 Å². The molecule has 4 N–H and O–H groups in total. The highest BCUT2D eigenvalue weighted by molar-refractivity contribution is 5.74. The number of nitrogens with one attached hydrogen (secondary N) is 4. The van der Waals surface area contributed by atoms with Crippen molar-refractivity contribution in [2.45, 2.75) is 0 Å². The van der Waals surface area contributed by atoms with Gasteiger partial charge in [-0.05, 0) is 12.1 Å². The monoisotopic (exact) mass is 481 g/mol. The number of pyridine rings is 5. The largest absolute Gasteiger partial charge is 0.347 e. The molecule has 11 nitrogen and oxygen atoms in total. The summed E-state index contributed by atoms with van der Waals surface area (Å²) in [4.78, 5) is 68.4. The predicted molar refractivity (Wildman–Crippen MR) is 136 cm³/mol. The summed E-state index contributed by atoms with van der Waals surface area (Å²) in [7, 11) is 0. The van der Waals surface area contributed by atoms with Gasteiger partial charge in [0, 0.05) is 73.3 Å². The Bertz CT molecular complexity index is 1540. The van der Waals surface area contributed by atoms with Gasteiger partial charge >= 0.3 is 0 Å². The zero-order valence-electron chi connectivity index (χ0n) is 18.6. The molecular weight excluding hydrogens is 462 g/mol. The number of anilines is 6. The molecule has 0 saturated carbocycles. The van der Waals surface area contributed by atoms with Crippen LogP contribution in [0.3, 0.4) is 0 Å². The highest BCUT2D eigenvalue weighted by Crippen LogP contribution is 2.33. The molecule has 0 amide bonds. The summed E-state index contributed by atoms with van der Waals surface area (Å²) in [5, 5.41) is 0. The van der Waals surface area contributed by atoms with Crippen molar-refractivity contribution in [1.29, 1.82) is 0 Å². The van der Waals surface area contributed by atoms with Gasteiger partial charge in [0.15, 0.2) is 21.7 Å². The van der Waals surface area contributed by atoms with Gasteiger partial charge in [0.25, 0.3) is 0 Å². The Kier molecular flexibility index (Phi) is 5.85. The van der Waals surface area contributed by atoms with E-state index in [1.54, 1.807) is 28.0 Å². The maximum Gasteiger partial charge on any atom is 0.183 e. The van der Waals surface area contributed by atoms with E-state index in [1.165, 1.54) is 73.3 Å². The Balaban J connectivity index is 1.72. The Morgan fingerprint density at radius 2 is 0.778 bits per heavy atom. The average molecular weight is 481 g/mol. The Morgan fingerprint density at radius 1 is 0.472 bits per heavy atom.